The number of hydrogen-bond donors (Lipinski definition) is 0. The third kappa shape index (κ3) is 4.43. The minimum atomic E-state index is 0.802. The minimum Gasteiger partial charge on any atom is -0.256 e. The van der Waals surface area contributed by atoms with Crippen molar-refractivity contribution >= 4 is 64.6 Å². The molecule has 0 N–H and O–H groups in total. The summed E-state index contributed by atoms with van der Waals surface area (Å²) >= 11 is 0. The highest BCUT2D eigenvalue weighted by Crippen LogP contribution is 2.44. The van der Waals surface area contributed by atoms with Gasteiger partial charge in [0.05, 0.1) is 17.1 Å². The molecule has 2 aromatic heterocycles. The number of aromatic nitrogens is 3. The summed E-state index contributed by atoms with van der Waals surface area (Å²) in [5.74, 6) is 0. The summed E-state index contributed by atoms with van der Waals surface area (Å²) in [4.78, 5) is 4.82. The van der Waals surface area contributed by atoms with Crippen LogP contribution >= 0.6 is 0 Å². The van der Waals surface area contributed by atoms with Crippen LogP contribution in [0.1, 0.15) is 0 Å². The Morgan fingerprint density at radius 3 is 1.33 bits per heavy atom. The van der Waals surface area contributed by atoms with Crippen LogP contribution in [-0.2, 0) is 0 Å². The van der Waals surface area contributed by atoms with Gasteiger partial charge in [-0.25, -0.2) is 0 Å². The van der Waals surface area contributed by atoms with E-state index in [9.17, 15) is 0 Å². The third-order valence-electron chi connectivity index (χ3n) is 10.7. The molecule has 0 fully saturated rings. The number of fused-ring (bicyclic) bond motifs is 2. The molecule has 0 amide bonds. The second-order valence-electron chi connectivity index (χ2n) is 13.6. The first-order valence-corrected chi connectivity index (χ1v) is 17.7. The highest BCUT2D eigenvalue weighted by molar-refractivity contribution is 6.37. The summed E-state index contributed by atoms with van der Waals surface area (Å²) in [5.41, 5.74) is 8.01. The first-order valence-electron chi connectivity index (χ1n) is 17.7. The van der Waals surface area contributed by atoms with Gasteiger partial charge in [-0.2, -0.15) is 0 Å². The molecule has 3 nitrogen and oxygen atoms in total. The summed E-state index contributed by atoms with van der Waals surface area (Å²) in [6.07, 6.45) is 1.88. The Bertz CT molecular complexity index is 3130. The van der Waals surface area contributed by atoms with E-state index in [0.717, 1.165) is 33.8 Å². The molecule has 240 valence electrons. The van der Waals surface area contributed by atoms with Gasteiger partial charge >= 0.3 is 0 Å². The first kappa shape index (κ1) is 28.8. The Balaban J connectivity index is 1.03. The predicted molar refractivity (Wildman–Crippen MR) is 218 cm³/mol. The molecule has 0 aliphatic carbocycles. The summed E-state index contributed by atoms with van der Waals surface area (Å²) in [5, 5.41) is 24.4. The Kier molecular flexibility index (Phi) is 6.25. The molecule has 0 radical (unpaired) electrons. The number of rotatable bonds is 4. The van der Waals surface area contributed by atoms with Crippen LogP contribution in [0.5, 0.6) is 0 Å². The molecule has 2 heterocycles. The Morgan fingerprint density at radius 2 is 0.750 bits per heavy atom. The van der Waals surface area contributed by atoms with E-state index in [1.807, 2.05) is 48.7 Å². The van der Waals surface area contributed by atoms with E-state index in [1.54, 1.807) is 0 Å². The van der Waals surface area contributed by atoms with Crippen LogP contribution in [0.25, 0.3) is 110 Å². The van der Waals surface area contributed by atoms with E-state index in [2.05, 4.69) is 138 Å². The number of hydrogen-bond acceptors (Lipinski definition) is 3. The van der Waals surface area contributed by atoms with Crippen molar-refractivity contribution in [2.75, 3.05) is 0 Å². The molecule has 0 spiro atoms. The quantitative estimate of drug-likeness (QED) is 0.177. The molecular weight excluding hydrogens is 631 g/mol. The van der Waals surface area contributed by atoms with Crippen molar-refractivity contribution in [3.63, 3.8) is 0 Å². The van der Waals surface area contributed by atoms with Gasteiger partial charge in [0.15, 0.2) is 0 Å². The van der Waals surface area contributed by atoms with Crippen LogP contribution in [0, 0.1) is 0 Å². The van der Waals surface area contributed by atoms with E-state index in [0.29, 0.717) is 0 Å². The zero-order valence-electron chi connectivity index (χ0n) is 28.1. The Morgan fingerprint density at radius 1 is 0.269 bits per heavy atom. The lowest BCUT2D eigenvalue weighted by atomic mass is 9.86. The van der Waals surface area contributed by atoms with Crippen molar-refractivity contribution in [1.82, 2.24) is 15.2 Å². The summed E-state index contributed by atoms with van der Waals surface area (Å²) in [6, 6.07) is 61.2. The Labute approximate surface area is 299 Å². The van der Waals surface area contributed by atoms with Gasteiger partial charge in [-0.05, 0) is 112 Å². The molecule has 9 aromatic carbocycles. The van der Waals surface area contributed by atoms with Crippen molar-refractivity contribution < 1.29 is 0 Å². The van der Waals surface area contributed by atoms with Gasteiger partial charge in [-0.3, -0.25) is 4.98 Å². The van der Waals surface area contributed by atoms with Crippen LogP contribution in [-0.4, -0.2) is 15.2 Å². The standard InChI is InChI=1S/C49H29N3/c1-2-7-31(8-3-1)44-25-26-45(52-51-44)37-23-24-43(50-29-37)32-17-15-30(16-18-32)38-27-36-22-21-35-10-5-13-40-39-12-4-9-33-19-20-34-11-6-14-41(48(34)46(33)39)42(28-38)49(36)47(35)40/h1-29H. The SMILES string of the molecule is c1ccc(-c2ccc(-c3ccc(-c4ccc(-c5cc6ccc7cccc8c9cccc%10ccc%11cccc(c(c5)c6c78)c%11c%109)cc4)nc3)nn2)cc1. The van der Waals surface area contributed by atoms with Crippen molar-refractivity contribution in [2.45, 2.75) is 0 Å². The summed E-state index contributed by atoms with van der Waals surface area (Å²) in [6.45, 7) is 0. The van der Waals surface area contributed by atoms with Crippen molar-refractivity contribution in [3.05, 3.63) is 176 Å². The van der Waals surface area contributed by atoms with Gasteiger partial charge in [0.1, 0.15) is 0 Å². The number of benzene rings is 8. The predicted octanol–water partition coefficient (Wildman–Crippen LogP) is 12.9. The lowest BCUT2D eigenvalue weighted by Gasteiger charge is -2.17. The fourth-order valence-electron chi connectivity index (χ4n) is 8.25. The van der Waals surface area contributed by atoms with Crippen molar-refractivity contribution in [1.29, 1.82) is 0 Å². The summed E-state index contributed by atoms with van der Waals surface area (Å²) in [7, 11) is 0. The average molecular weight is 660 g/mol. The maximum Gasteiger partial charge on any atom is 0.0945 e. The minimum absolute atomic E-state index is 0.802. The Hall–Kier alpha value is -6.97. The van der Waals surface area contributed by atoms with E-state index in [4.69, 9.17) is 4.98 Å². The van der Waals surface area contributed by atoms with E-state index >= 15 is 0 Å². The molecular formula is C49H29N3. The first-order chi connectivity index (χ1) is 25.8. The van der Waals surface area contributed by atoms with Gasteiger partial charge in [-0.1, -0.05) is 133 Å². The van der Waals surface area contributed by atoms with Gasteiger partial charge in [-0.15, -0.1) is 10.2 Å². The molecule has 0 bridgehead atoms. The molecule has 0 aliphatic heterocycles. The molecule has 11 aromatic rings. The van der Waals surface area contributed by atoms with Gasteiger partial charge in [0, 0.05) is 22.9 Å². The zero-order chi connectivity index (χ0) is 34.2. The second-order valence-corrected chi connectivity index (χ2v) is 13.6. The highest BCUT2D eigenvalue weighted by Gasteiger charge is 2.16. The second kappa shape index (κ2) is 11.3. The van der Waals surface area contributed by atoms with Crippen molar-refractivity contribution in [3.8, 4) is 44.9 Å². The van der Waals surface area contributed by atoms with Gasteiger partial charge < -0.3 is 0 Å². The van der Waals surface area contributed by atoms with E-state index < -0.39 is 0 Å². The monoisotopic (exact) mass is 659 g/mol. The van der Waals surface area contributed by atoms with Gasteiger partial charge in [0.2, 0.25) is 0 Å². The van der Waals surface area contributed by atoms with Crippen LogP contribution in [0.15, 0.2) is 176 Å². The van der Waals surface area contributed by atoms with Crippen LogP contribution in [0.2, 0.25) is 0 Å². The molecule has 3 heteroatoms. The van der Waals surface area contributed by atoms with E-state index in [1.165, 1.54) is 75.8 Å². The lowest BCUT2D eigenvalue weighted by molar-refractivity contribution is 1.04. The normalized spacial score (nSPS) is 11.8. The fraction of sp³-hybridized carbons (Fsp3) is 0. The topological polar surface area (TPSA) is 38.7 Å². The fourth-order valence-corrected chi connectivity index (χ4v) is 8.25. The number of nitrogens with zero attached hydrogens (tertiary/aromatic N) is 3. The van der Waals surface area contributed by atoms with Gasteiger partial charge in [0.25, 0.3) is 0 Å². The maximum absolute atomic E-state index is 4.82. The smallest absolute Gasteiger partial charge is 0.0945 e. The average Bonchev–Trinajstić information content (AvgIpc) is 3.22. The maximum atomic E-state index is 4.82. The molecule has 0 aliphatic rings. The molecule has 11 rings (SSSR count). The molecule has 0 atom stereocenters. The van der Waals surface area contributed by atoms with E-state index in [-0.39, 0.29) is 0 Å². The zero-order valence-corrected chi connectivity index (χ0v) is 28.1. The molecule has 0 saturated carbocycles. The molecule has 0 unspecified atom stereocenters. The summed E-state index contributed by atoms with van der Waals surface area (Å²) < 4.78 is 0. The van der Waals surface area contributed by atoms with Crippen LogP contribution < -0.4 is 0 Å². The highest BCUT2D eigenvalue weighted by atomic mass is 15.1. The molecule has 52 heavy (non-hydrogen) atoms. The lowest BCUT2D eigenvalue weighted by Crippen LogP contribution is -1.92. The molecule has 0 saturated heterocycles. The number of pyridine rings is 1. The third-order valence-corrected chi connectivity index (χ3v) is 10.7. The van der Waals surface area contributed by atoms with Crippen molar-refractivity contribution in [2.24, 2.45) is 0 Å². The van der Waals surface area contributed by atoms with Crippen LogP contribution in [0.4, 0.5) is 0 Å². The largest absolute Gasteiger partial charge is 0.256 e. The van der Waals surface area contributed by atoms with Crippen LogP contribution in [0.3, 0.4) is 0 Å².